The van der Waals surface area contributed by atoms with Gasteiger partial charge >= 0.3 is 0 Å². The van der Waals surface area contributed by atoms with Gasteiger partial charge in [-0.05, 0) is 24.6 Å². The van der Waals surface area contributed by atoms with Gasteiger partial charge in [-0.25, -0.2) is 4.39 Å². The number of nitrogens with one attached hydrogen (secondary N) is 1. The van der Waals surface area contributed by atoms with Crippen LogP contribution in [0, 0.1) is 11.2 Å². The molecule has 1 saturated carbocycles. The average molecular weight is 289 g/mol. The SMILES string of the molecule is COC1CC(Nc2c(F)cc(N)c3cccnc23)C1(C)C. The smallest absolute Gasteiger partial charge is 0.150 e. The number of hydrogen-bond acceptors (Lipinski definition) is 4. The summed E-state index contributed by atoms with van der Waals surface area (Å²) in [5.41, 5.74) is 7.23. The lowest BCUT2D eigenvalue weighted by Gasteiger charge is -2.51. The summed E-state index contributed by atoms with van der Waals surface area (Å²) in [7, 11) is 1.71. The minimum atomic E-state index is -0.365. The van der Waals surface area contributed by atoms with Gasteiger partial charge in [0.05, 0.1) is 17.3 Å². The molecule has 2 unspecified atom stereocenters. The molecule has 4 nitrogen and oxygen atoms in total. The molecule has 0 bridgehead atoms. The van der Waals surface area contributed by atoms with Crippen molar-refractivity contribution in [3.05, 3.63) is 30.2 Å². The van der Waals surface area contributed by atoms with Crippen LogP contribution < -0.4 is 11.1 Å². The van der Waals surface area contributed by atoms with Crippen LogP contribution in [0.4, 0.5) is 15.8 Å². The fourth-order valence-corrected chi connectivity index (χ4v) is 3.08. The highest BCUT2D eigenvalue weighted by molar-refractivity contribution is 5.98. The zero-order chi connectivity index (χ0) is 15.2. The summed E-state index contributed by atoms with van der Waals surface area (Å²) in [4.78, 5) is 4.29. The van der Waals surface area contributed by atoms with Crippen molar-refractivity contribution in [2.24, 2.45) is 5.41 Å². The summed E-state index contributed by atoms with van der Waals surface area (Å²) in [6.45, 7) is 4.24. The van der Waals surface area contributed by atoms with Crippen molar-refractivity contribution >= 4 is 22.3 Å². The first-order chi connectivity index (χ1) is 9.95. The Morgan fingerprint density at radius 1 is 1.48 bits per heavy atom. The first-order valence-corrected chi connectivity index (χ1v) is 7.07. The van der Waals surface area contributed by atoms with E-state index >= 15 is 0 Å². The number of anilines is 2. The molecule has 1 heterocycles. The van der Waals surface area contributed by atoms with Crippen molar-refractivity contribution in [1.29, 1.82) is 0 Å². The van der Waals surface area contributed by atoms with Gasteiger partial charge in [0.15, 0.2) is 5.82 Å². The average Bonchev–Trinajstić information content (AvgIpc) is 2.45. The molecule has 1 aliphatic carbocycles. The van der Waals surface area contributed by atoms with Crippen molar-refractivity contribution in [2.75, 3.05) is 18.2 Å². The third-order valence-corrected chi connectivity index (χ3v) is 4.66. The monoisotopic (exact) mass is 289 g/mol. The molecule has 1 aromatic heterocycles. The highest BCUT2D eigenvalue weighted by Crippen LogP contribution is 2.45. The van der Waals surface area contributed by atoms with Gasteiger partial charge in [0, 0.05) is 35.8 Å². The molecule has 0 amide bonds. The zero-order valence-electron chi connectivity index (χ0n) is 12.5. The van der Waals surface area contributed by atoms with Gasteiger partial charge in [-0.15, -0.1) is 0 Å². The highest BCUT2D eigenvalue weighted by Gasteiger charge is 2.48. The van der Waals surface area contributed by atoms with E-state index in [4.69, 9.17) is 10.5 Å². The topological polar surface area (TPSA) is 60.2 Å². The number of nitrogens with zero attached hydrogens (tertiary/aromatic N) is 1. The van der Waals surface area contributed by atoms with Gasteiger partial charge < -0.3 is 15.8 Å². The number of fused-ring (bicyclic) bond motifs is 1. The predicted octanol–water partition coefficient (Wildman–Crippen LogP) is 3.18. The Morgan fingerprint density at radius 2 is 2.24 bits per heavy atom. The summed E-state index contributed by atoms with van der Waals surface area (Å²) < 4.78 is 19.8. The summed E-state index contributed by atoms with van der Waals surface area (Å²) in [6, 6.07) is 5.15. The van der Waals surface area contributed by atoms with Gasteiger partial charge in [-0.1, -0.05) is 13.8 Å². The van der Waals surface area contributed by atoms with Crippen LogP contribution in [0.5, 0.6) is 0 Å². The van der Waals surface area contributed by atoms with Crippen LogP contribution in [-0.2, 0) is 4.74 Å². The largest absolute Gasteiger partial charge is 0.398 e. The van der Waals surface area contributed by atoms with E-state index in [2.05, 4.69) is 24.1 Å². The van der Waals surface area contributed by atoms with E-state index in [0.29, 0.717) is 16.9 Å². The molecule has 1 aliphatic rings. The number of pyridine rings is 1. The zero-order valence-corrected chi connectivity index (χ0v) is 12.5. The molecule has 1 fully saturated rings. The highest BCUT2D eigenvalue weighted by atomic mass is 19.1. The molecule has 3 rings (SSSR count). The fourth-order valence-electron chi connectivity index (χ4n) is 3.08. The second-order valence-electron chi connectivity index (χ2n) is 6.20. The number of ether oxygens (including phenoxy) is 1. The summed E-state index contributed by atoms with van der Waals surface area (Å²) in [6.07, 6.45) is 2.68. The van der Waals surface area contributed by atoms with Crippen LogP contribution in [0.25, 0.3) is 10.9 Å². The fraction of sp³-hybridized carbons (Fsp3) is 0.438. The Kier molecular flexibility index (Phi) is 3.24. The van der Waals surface area contributed by atoms with Gasteiger partial charge in [0.1, 0.15) is 0 Å². The van der Waals surface area contributed by atoms with Crippen LogP contribution >= 0.6 is 0 Å². The minimum Gasteiger partial charge on any atom is -0.398 e. The van der Waals surface area contributed by atoms with E-state index in [-0.39, 0.29) is 23.4 Å². The molecule has 21 heavy (non-hydrogen) atoms. The van der Waals surface area contributed by atoms with Gasteiger partial charge in [0.2, 0.25) is 0 Å². The van der Waals surface area contributed by atoms with Crippen molar-refractivity contribution in [2.45, 2.75) is 32.4 Å². The van der Waals surface area contributed by atoms with Crippen LogP contribution in [0.3, 0.4) is 0 Å². The number of rotatable bonds is 3. The number of halogens is 1. The van der Waals surface area contributed by atoms with Gasteiger partial charge in [0.25, 0.3) is 0 Å². The van der Waals surface area contributed by atoms with Crippen LogP contribution in [0.1, 0.15) is 20.3 Å². The predicted molar refractivity (Wildman–Crippen MR) is 82.7 cm³/mol. The molecule has 2 atom stereocenters. The molecule has 0 radical (unpaired) electrons. The number of nitrogen functional groups attached to an aromatic ring is 1. The van der Waals surface area contributed by atoms with E-state index in [1.54, 1.807) is 19.4 Å². The minimum absolute atomic E-state index is 0.0519. The molecule has 112 valence electrons. The summed E-state index contributed by atoms with van der Waals surface area (Å²) in [5, 5.41) is 4.06. The lowest BCUT2D eigenvalue weighted by atomic mass is 9.64. The first-order valence-electron chi connectivity index (χ1n) is 7.07. The number of aromatic nitrogens is 1. The van der Waals surface area contributed by atoms with Gasteiger partial charge in [-0.2, -0.15) is 0 Å². The van der Waals surface area contributed by atoms with Crippen molar-refractivity contribution in [1.82, 2.24) is 4.98 Å². The van der Waals surface area contributed by atoms with Crippen molar-refractivity contribution < 1.29 is 9.13 Å². The number of benzene rings is 1. The second-order valence-corrected chi connectivity index (χ2v) is 6.20. The van der Waals surface area contributed by atoms with E-state index in [9.17, 15) is 4.39 Å². The quantitative estimate of drug-likeness (QED) is 0.852. The summed E-state index contributed by atoms with van der Waals surface area (Å²) >= 11 is 0. The Hall–Kier alpha value is -1.88. The standard InChI is InChI=1S/C16H20FN3O/c1-16(2)12(8-13(16)21-3)20-15-10(17)7-11(18)9-5-4-6-19-14(9)15/h4-7,12-13,20H,8,18H2,1-3H3. The maximum absolute atomic E-state index is 14.3. The molecular weight excluding hydrogens is 269 g/mol. The lowest BCUT2D eigenvalue weighted by molar-refractivity contribution is -0.0795. The van der Waals surface area contributed by atoms with Crippen LogP contribution in [-0.4, -0.2) is 24.2 Å². The molecular formula is C16H20FN3O. The number of hydrogen-bond donors (Lipinski definition) is 2. The second kappa shape index (κ2) is 4.84. The van der Waals surface area contributed by atoms with Crippen molar-refractivity contribution in [3.63, 3.8) is 0 Å². The molecule has 5 heteroatoms. The third kappa shape index (κ3) is 2.12. The number of nitrogens with two attached hydrogens (primary N) is 1. The van der Waals surface area contributed by atoms with E-state index in [1.165, 1.54) is 6.07 Å². The maximum atomic E-state index is 14.3. The number of methoxy groups -OCH3 is 1. The van der Waals surface area contributed by atoms with E-state index < -0.39 is 0 Å². The Labute approximate surface area is 123 Å². The van der Waals surface area contributed by atoms with Crippen LogP contribution in [0.2, 0.25) is 0 Å². The molecule has 3 N–H and O–H groups in total. The molecule has 2 aromatic rings. The molecule has 0 spiro atoms. The van der Waals surface area contributed by atoms with E-state index in [0.717, 1.165) is 11.8 Å². The Balaban J connectivity index is 1.99. The summed E-state index contributed by atoms with van der Waals surface area (Å²) in [5.74, 6) is -0.365. The third-order valence-electron chi connectivity index (χ3n) is 4.66. The molecule has 0 aliphatic heterocycles. The molecule has 1 aromatic carbocycles. The van der Waals surface area contributed by atoms with Gasteiger partial charge in [-0.3, -0.25) is 4.98 Å². The normalized spacial score (nSPS) is 23.8. The van der Waals surface area contributed by atoms with Crippen LogP contribution in [0.15, 0.2) is 24.4 Å². The van der Waals surface area contributed by atoms with E-state index in [1.807, 2.05) is 6.07 Å². The Bertz CT molecular complexity index is 687. The lowest BCUT2D eigenvalue weighted by Crippen LogP contribution is -2.57. The first kappa shape index (κ1) is 14.1. The van der Waals surface area contributed by atoms with Crippen molar-refractivity contribution in [3.8, 4) is 0 Å². The maximum Gasteiger partial charge on any atom is 0.150 e. The molecule has 0 saturated heterocycles. The Morgan fingerprint density at radius 3 is 2.90 bits per heavy atom.